The molecule has 2 aromatic heterocycles. The van der Waals surface area contributed by atoms with Gasteiger partial charge in [0.1, 0.15) is 0 Å². The van der Waals surface area contributed by atoms with Crippen LogP contribution in [0.1, 0.15) is 11.1 Å². The molecule has 2 heteroatoms. The molecule has 1 aliphatic carbocycles. The van der Waals surface area contributed by atoms with Gasteiger partial charge in [-0.3, -0.25) is 0 Å². The highest BCUT2D eigenvalue weighted by Gasteiger charge is 2.28. The topological polar surface area (TPSA) is 31.6 Å². The van der Waals surface area contributed by atoms with Crippen LogP contribution in [0.15, 0.2) is 122 Å². The summed E-state index contributed by atoms with van der Waals surface area (Å²) in [5.74, 6) is 0. The quantitative estimate of drug-likeness (QED) is 0.245. The Balaban J connectivity index is 1.61. The second-order valence-electron chi connectivity index (χ2n) is 9.95. The summed E-state index contributed by atoms with van der Waals surface area (Å²) in [7, 11) is 0. The van der Waals surface area contributed by atoms with Crippen molar-refractivity contribution < 1.29 is 0 Å². The van der Waals surface area contributed by atoms with Crippen LogP contribution in [0.4, 0.5) is 0 Å². The molecule has 0 aliphatic heterocycles. The molecular formula is C36H24N2. The van der Waals surface area contributed by atoms with E-state index in [1.54, 1.807) is 0 Å². The number of rotatable bonds is 2. The number of hydrogen-bond donors (Lipinski definition) is 2. The molecule has 0 saturated heterocycles. The zero-order valence-corrected chi connectivity index (χ0v) is 20.8. The van der Waals surface area contributed by atoms with Crippen LogP contribution in [-0.4, -0.2) is 9.97 Å². The Morgan fingerprint density at radius 1 is 0.447 bits per heavy atom. The lowest BCUT2D eigenvalue weighted by Crippen LogP contribution is -1.98. The van der Waals surface area contributed by atoms with Crippen molar-refractivity contribution in [2.24, 2.45) is 0 Å². The van der Waals surface area contributed by atoms with Crippen molar-refractivity contribution in [3.8, 4) is 22.5 Å². The first-order valence-corrected chi connectivity index (χ1v) is 12.9. The van der Waals surface area contributed by atoms with Crippen molar-refractivity contribution in [1.29, 1.82) is 0 Å². The molecule has 7 aromatic rings. The van der Waals surface area contributed by atoms with Gasteiger partial charge in [0, 0.05) is 43.8 Å². The maximum absolute atomic E-state index is 4.32. The Hall–Kier alpha value is -5.08. The predicted octanol–water partition coefficient (Wildman–Crippen LogP) is 9.89. The second-order valence-corrected chi connectivity index (χ2v) is 9.95. The van der Waals surface area contributed by atoms with Gasteiger partial charge in [-0.05, 0) is 21.9 Å². The lowest BCUT2D eigenvalue weighted by atomic mass is 9.84. The number of aromatic amines is 2. The highest BCUT2D eigenvalue weighted by Crippen LogP contribution is 2.50. The third-order valence-electron chi connectivity index (χ3n) is 8.10. The van der Waals surface area contributed by atoms with Crippen molar-refractivity contribution in [2.75, 3.05) is 0 Å². The zero-order valence-electron chi connectivity index (χ0n) is 20.8. The lowest BCUT2D eigenvalue weighted by molar-refractivity contribution is 1.40. The van der Waals surface area contributed by atoms with E-state index in [-0.39, 0.29) is 0 Å². The third kappa shape index (κ3) is 2.66. The summed E-state index contributed by atoms with van der Waals surface area (Å²) in [6.45, 7) is 8.63. The van der Waals surface area contributed by atoms with Crippen LogP contribution < -0.4 is 0 Å². The van der Waals surface area contributed by atoms with E-state index < -0.39 is 0 Å². The highest BCUT2D eigenvalue weighted by molar-refractivity contribution is 6.22. The standard InChI is InChI=1S/C36H24N2/c1-3-23-24(4-2)32-30-20-18-22-12-6-8-14-26(22)34(30)38-36(32)28-16-10-9-15-27(28)35-31(23)29-19-17-21-11-5-7-13-25(21)33(29)37-35/h3-20,37-38H,1-2H2/b24-23-,31-23?,32-24?,35-27?,36-28?. The number of fused-ring (bicyclic) bond motifs is 13. The smallest absolute Gasteiger partial charge is 0.0551 e. The molecule has 0 unspecified atom stereocenters. The molecule has 2 N–H and O–H groups in total. The normalized spacial score (nSPS) is 14.7. The van der Waals surface area contributed by atoms with Crippen LogP contribution in [0.5, 0.6) is 0 Å². The van der Waals surface area contributed by atoms with Crippen LogP contribution >= 0.6 is 0 Å². The molecule has 0 amide bonds. The average Bonchev–Trinajstić information content (AvgIpc) is 3.54. The van der Waals surface area contributed by atoms with Gasteiger partial charge in [-0.25, -0.2) is 0 Å². The van der Waals surface area contributed by atoms with Gasteiger partial charge < -0.3 is 9.97 Å². The van der Waals surface area contributed by atoms with Gasteiger partial charge in [-0.15, -0.1) is 0 Å². The Labute approximate surface area is 220 Å². The number of hydrogen-bond acceptors (Lipinski definition) is 0. The minimum absolute atomic E-state index is 1.08. The van der Waals surface area contributed by atoms with E-state index in [1.165, 1.54) is 54.6 Å². The molecule has 0 radical (unpaired) electrons. The van der Waals surface area contributed by atoms with Crippen LogP contribution in [0, 0.1) is 0 Å². The number of H-pyrrole nitrogens is 2. The molecule has 178 valence electrons. The van der Waals surface area contributed by atoms with Gasteiger partial charge in [0.25, 0.3) is 0 Å². The summed E-state index contributed by atoms with van der Waals surface area (Å²) < 4.78 is 0. The molecule has 0 atom stereocenters. The van der Waals surface area contributed by atoms with Gasteiger partial charge in [-0.2, -0.15) is 0 Å². The van der Waals surface area contributed by atoms with Gasteiger partial charge in [0.05, 0.1) is 22.4 Å². The van der Waals surface area contributed by atoms with E-state index >= 15 is 0 Å². The summed E-state index contributed by atoms with van der Waals surface area (Å²) in [5.41, 5.74) is 11.4. The molecule has 2 heterocycles. The first-order valence-electron chi connectivity index (χ1n) is 12.9. The minimum Gasteiger partial charge on any atom is -0.353 e. The molecule has 1 aliphatic rings. The summed E-state index contributed by atoms with van der Waals surface area (Å²) in [6.07, 6.45) is 3.99. The van der Waals surface area contributed by atoms with E-state index in [4.69, 9.17) is 0 Å². The molecular weight excluding hydrogens is 460 g/mol. The number of nitrogens with one attached hydrogen (secondary N) is 2. The summed E-state index contributed by atoms with van der Waals surface area (Å²) in [5, 5.41) is 7.26. The van der Waals surface area contributed by atoms with Crippen molar-refractivity contribution in [1.82, 2.24) is 9.97 Å². The SMILES string of the molecule is C=C/C1=C(\C=C)c2c([nH]c3c2ccc2ccccc23)-c2ccccc2-c2[nH]c3c(ccc4ccccc43)c21. The predicted molar refractivity (Wildman–Crippen MR) is 163 cm³/mol. The molecule has 8 rings (SSSR count). The van der Waals surface area contributed by atoms with Crippen molar-refractivity contribution in [2.45, 2.75) is 0 Å². The zero-order chi connectivity index (χ0) is 25.4. The fourth-order valence-electron chi connectivity index (χ4n) is 6.45. The Morgan fingerprint density at radius 2 is 0.868 bits per heavy atom. The number of aromatic nitrogens is 2. The molecule has 2 nitrogen and oxygen atoms in total. The number of benzene rings is 5. The van der Waals surface area contributed by atoms with Gasteiger partial charge >= 0.3 is 0 Å². The highest BCUT2D eigenvalue weighted by atomic mass is 14.8. The average molecular weight is 485 g/mol. The van der Waals surface area contributed by atoms with Gasteiger partial charge in [0.15, 0.2) is 0 Å². The first kappa shape index (κ1) is 21.0. The van der Waals surface area contributed by atoms with E-state index in [2.05, 4.69) is 120 Å². The van der Waals surface area contributed by atoms with Crippen molar-refractivity contribution >= 4 is 54.5 Å². The van der Waals surface area contributed by atoms with Crippen LogP contribution in [0.3, 0.4) is 0 Å². The minimum atomic E-state index is 1.08. The fraction of sp³-hybridized carbons (Fsp3) is 0. The van der Waals surface area contributed by atoms with Crippen molar-refractivity contribution in [3.05, 3.63) is 133 Å². The summed E-state index contributed by atoms with van der Waals surface area (Å²) in [6, 6.07) is 34.7. The van der Waals surface area contributed by atoms with E-state index in [0.717, 1.165) is 33.6 Å². The Morgan fingerprint density at radius 3 is 1.32 bits per heavy atom. The second kappa shape index (κ2) is 7.71. The van der Waals surface area contributed by atoms with Gasteiger partial charge in [0.2, 0.25) is 0 Å². The fourth-order valence-corrected chi connectivity index (χ4v) is 6.45. The molecule has 0 fully saturated rings. The van der Waals surface area contributed by atoms with Gasteiger partial charge in [-0.1, -0.05) is 122 Å². The first-order chi connectivity index (χ1) is 18.8. The molecule has 0 saturated carbocycles. The van der Waals surface area contributed by atoms with Crippen LogP contribution in [-0.2, 0) is 0 Å². The monoisotopic (exact) mass is 484 g/mol. The summed E-state index contributed by atoms with van der Waals surface area (Å²) >= 11 is 0. The third-order valence-corrected chi connectivity index (χ3v) is 8.10. The summed E-state index contributed by atoms with van der Waals surface area (Å²) in [4.78, 5) is 7.71. The molecule has 0 bridgehead atoms. The van der Waals surface area contributed by atoms with E-state index in [0.29, 0.717) is 0 Å². The van der Waals surface area contributed by atoms with Crippen LogP contribution in [0.25, 0.3) is 77.0 Å². The molecule has 0 spiro atoms. The maximum atomic E-state index is 4.32. The maximum Gasteiger partial charge on any atom is 0.0551 e. The van der Waals surface area contributed by atoms with E-state index in [1.807, 2.05) is 12.2 Å². The van der Waals surface area contributed by atoms with Crippen molar-refractivity contribution in [3.63, 3.8) is 0 Å². The lowest BCUT2D eigenvalue weighted by Gasteiger charge is -2.19. The largest absolute Gasteiger partial charge is 0.353 e. The van der Waals surface area contributed by atoms with E-state index in [9.17, 15) is 0 Å². The molecule has 5 aromatic carbocycles. The number of allylic oxidation sites excluding steroid dienone is 4. The Kier molecular flexibility index (Phi) is 4.27. The van der Waals surface area contributed by atoms with Crippen LogP contribution in [0.2, 0.25) is 0 Å². The Bertz CT molecular complexity index is 2010. The molecule has 38 heavy (non-hydrogen) atoms.